The minimum atomic E-state index is -0.174. The molecule has 1 aliphatic heterocycles. The van der Waals surface area contributed by atoms with E-state index >= 15 is 0 Å². The Hall–Kier alpha value is -3.12. The molecule has 2 heterocycles. The Morgan fingerprint density at radius 3 is 2.32 bits per heavy atom. The number of rotatable bonds is 7. The van der Waals surface area contributed by atoms with Crippen molar-refractivity contribution >= 4 is 23.2 Å². The Kier molecular flexibility index (Phi) is 7.37. The lowest BCUT2D eigenvalue weighted by atomic mass is 10.00. The van der Waals surface area contributed by atoms with Crippen LogP contribution in [0.5, 0.6) is 5.75 Å². The lowest BCUT2D eigenvalue weighted by Gasteiger charge is -2.37. The lowest BCUT2D eigenvalue weighted by molar-refractivity contribution is -0.136. The average molecular weight is 477 g/mol. The van der Waals surface area contributed by atoms with Crippen LogP contribution in [-0.4, -0.2) is 47.4 Å². The molecule has 1 aromatic heterocycles. The fourth-order valence-electron chi connectivity index (χ4n) is 4.27. The highest BCUT2D eigenvalue weighted by atomic mass is 32.1. The van der Waals surface area contributed by atoms with E-state index in [0.717, 1.165) is 23.3 Å². The number of fused-ring (bicyclic) bond motifs is 1. The summed E-state index contributed by atoms with van der Waals surface area (Å²) in [4.78, 5) is 31.7. The van der Waals surface area contributed by atoms with Crippen LogP contribution in [0, 0.1) is 13.8 Å². The minimum Gasteiger partial charge on any atom is -0.491 e. The van der Waals surface area contributed by atoms with Crippen molar-refractivity contribution < 1.29 is 14.3 Å². The SMILES string of the molecule is Cc1ccc(OC[C@@H]2c3ccsc3CCN2C(=O)CN(C(=O)c2ccc(C)cc2)C(C)C)cc1. The van der Waals surface area contributed by atoms with E-state index in [0.29, 0.717) is 18.7 Å². The number of carbonyl (C=O) groups excluding carboxylic acids is 2. The van der Waals surface area contributed by atoms with E-state index in [-0.39, 0.29) is 30.4 Å². The standard InChI is InChI=1S/C28H32N2O3S/c1-19(2)30(28(32)22-9-5-20(3)6-10-22)17-27(31)29-15-13-26-24(14-16-34-26)25(29)18-33-23-11-7-21(4)8-12-23/h5-12,14,16,19,25H,13,15,17-18H2,1-4H3/t25-/m1/s1. The number of aryl methyl sites for hydroxylation is 2. The van der Waals surface area contributed by atoms with Crippen LogP contribution in [0.15, 0.2) is 60.0 Å². The van der Waals surface area contributed by atoms with Crippen molar-refractivity contribution in [2.75, 3.05) is 19.7 Å². The van der Waals surface area contributed by atoms with Crippen molar-refractivity contribution in [3.05, 3.63) is 87.1 Å². The molecule has 0 saturated carbocycles. The second-order valence-corrected chi connectivity index (χ2v) is 10.2. The highest BCUT2D eigenvalue weighted by Crippen LogP contribution is 2.34. The van der Waals surface area contributed by atoms with Crippen molar-refractivity contribution in [3.8, 4) is 5.75 Å². The van der Waals surface area contributed by atoms with E-state index in [1.165, 1.54) is 10.4 Å². The molecule has 1 atom stereocenters. The summed E-state index contributed by atoms with van der Waals surface area (Å²) in [6, 6.07) is 17.3. The van der Waals surface area contributed by atoms with E-state index in [1.807, 2.05) is 81.1 Å². The number of benzene rings is 2. The van der Waals surface area contributed by atoms with Crippen LogP contribution in [0.1, 0.15) is 51.8 Å². The maximum atomic E-state index is 13.6. The van der Waals surface area contributed by atoms with Crippen molar-refractivity contribution in [3.63, 3.8) is 0 Å². The van der Waals surface area contributed by atoms with Gasteiger partial charge in [0.2, 0.25) is 5.91 Å². The topological polar surface area (TPSA) is 49.9 Å². The molecule has 0 bridgehead atoms. The summed E-state index contributed by atoms with van der Waals surface area (Å²) in [5, 5.41) is 2.08. The molecule has 0 spiro atoms. The second kappa shape index (κ2) is 10.4. The molecule has 2 aromatic carbocycles. The van der Waals surface area contributed by atoms with Gasteiger partial charge in [0.15, 0.2) is 0 Å². The maximum Gasteiger partial charge on any atom is 0.254 e. The number of amides is 2. The number of hydrogen-bond donors (Lipinski definition) is 0. The van der Waals surface area contributed by atoms with Crippen LogP contribution in [0.25, 0.3) is 0 Å². The van der Waals surface area contributed by atoms with Gasteiger partial charge in [-0.2, -0.15) is 0 Å². The van der Waals surface area contributed by atoms with E-state index < -0.39 is 0 Å². The van der Waals surface area contributed by atoms with Gasteiger partial charge in [-0.3, -0.25) is 9.59 Å². The average Bonchev–Trinajstić information content (AvgIpc) is 3.31. The Morgan fingerprint density at radius 1 is 1.03 bits per heavy atom. The molecule has 178 valence electrons. The molecule has 0 fully saturated rings. The van der Waals surface area contributed by atoms with E-state index in [9.17, 15) is 9.59 Å². The quantitative estimate of drug-likeness (QED) is 0.457. The molecule has 4 rings (SSSR count). The molecule has 6 heteroatoms. The Bertz CT molecular complexity index is 1140. The van der Waals surface area contributed by atoms with Crippen molar-refractivity contribution in [2.45, 2.75) is 46.2 Å². The molecule has 34 heavy (non-hydrogen) atoms. The van der Waals surface area contributed by atoms with Gasteiger partial charge in [0, 0.05) is 23.0 Å². The molecule has 0 aliphatic carbocycles. The Labute approximate surface area is 206 Å². The molecule has 2 amide bonds. The summed E-state index contributed by atoms with van der Waals surface area (Å²) in [6.45, 7) is 8.98. The summed E-state index contributed by atoms with van der Waals surface area (Å²) in [5.74, 6) is 0.617. The van der Waals surface area contributed by atoms with Gasteiger partial charge in [0.1, 0.15) is 18.9 Å². The maximum absolute atomic E-state index is 13.6. The highest BCUT2D eigenvalue weighted by molar-refractivity contribution is 7.10. The fraction of sp³-hybridized carbons (Fsp3) is 0.357. The van der Waals surface area contributed by atoms with Crippen LogP contribution in [0.3, 0.4) is 0 Å². The lowest BCUT2D eigenvalue weighted by Crippen LogP contribution is -2.49. The third-order valence-electron chi connectivity index (χ3n) is 6.33. The van der Waals surface area contributed by atoms with Crippen molar-refractivity contribution in [1.29, 1.82) is 0 Å². The largest absolute Gasteiger partial charge is 0.491 e. The number of hydrogen-bond acceptors (Lipinski definition) is 4. The van der Waals surface area contributed by atoms with E-state index in [4.69, 9.17) is 4.74 Å². The molecular formula is C28H32N2O3S. The zero-order chi connectivity index (χ0) is 24.2. The second-order valence-electron chi connectivity index (χ2n) is 9.17. The molecular weight excluding hydrogens is 444 g/mol. The summed E-state index contributed by atoms with van der Waals surface area (Å²) < 4.78 is 6.12. The van der Waals surface area contributed by atoms with Gasteiger partial charge < -0.3 is 14.5 Å². The minimum absolute atomic E-state index is 0.0465. The first-order valence-corrected chi connectivity index (χ1v) is 12.6. The van der Waals surface area contributed by atoms with Crippen LogP contribution in [0.2, 0.25) is 0 Å². The van der Waals surface area contributed by atoms with E-state index in [1.54, 1.807) is 16.2 Å². The number of thiophene rings is 1. The molecule has 0 saturated heterocycles. The number of carbonyl (C=O) groups is 2. The highest BCUT2D eigenvalue weighted by Gasteiger charge is 2.34. The molecule has 3 aromatic rings. The predicted octanol–water partition coefficient (Wildman–Crippen LogP) is 5.42. The molecule has 5 nitrogen and oxygen atoms in total. The predicted molar refractivity (Wildman–Crippen MR) is 137 cm³/mol. The molecule has 0 radical (unpaired) electrons. The first-order valence-electron chi connectivity index (χ1n) is 11.8. The Morgan fingerprint density at radius 2 is 1.68 bits per heavy atom. The van der Waals surface area contributed by atoms with Crippen LogP contribution < -0.4 is 4.74 Å². The van der Waals surface area contributed by atoms with Gasteiger partial charge in [-0.25, -0.2) is 0 Å². The first kappa shape index (κ1) is 24.0. The first-order chi connectivity index (χ1) is 16.3. The van der Waals surface area contributed by atoms with Gasteiger partial charge in [0.25, 0.3) is 5.91 Å². The van der Waals surface area contributed by atoms with Gasteiger partial charge in [0.05, 0.1) is 6.04 Å². The zero-order valence-electron chi connectivity index (χ0n) is 20.3. The third-order valence-corrected chi connectivity index (χ3v) is 7.33. The summed E-state index contributed by atoms with van der Waals surface area (Å²) in [7, 11) is 0. The number of nitrogens with zero attached hydrogens (tertiary/aromatic N) is 2. The summed E-state index contributed by atoms with van der Waals surface area (Å²) in [6.07, 6.45) is 0.827. The monoisotopic (exact) mass is 476 g/mol. The molecule has 0 unspecified atom stereocenters. The van der Waals surface area contributed by atoms with Gasteiger partial charge >= 0.3 is 0 Å². The van der Waals surface area contributed by atoms with Crippen LogP contribution in [-0.2, 0) is 11.2 Å². The van der Waals surface area contributed by atoms with Gasteiger partial charge in [-0.15, -0.1) is 11.3 Å². The normalized spacial score (nSPS) is 15.2. The summed E-state index contributed by atoms with van der Waals surface area (Å²) in [5.41, 5.74) is 4.02. The zero-order valence-corrected chi connectivity index (χ0v) is 21.1. The fourth-order valence-corrected chi connectivity index (χ4v) is 5.20. The van der Waals surface area contributed by atoms with Crippen LogP contribution >= 0.6 is 11.3 Å². The van der Waals surface area contributed by atoms with Crippen molar-refractivity contribution in [2.24, 2.45) is 0 Å². The third kappa shape index (κ3) is 5.33. The van der Waals surface area contributed by atoms with Crippen LogP contribution in [0.4, 0.5) is 0 Å². The number of ether oxygens (including phenoxy) is 1. The summed E-state index contributed by atoms with van der Waals surface area (Å²) >= 11 is 1.73. The molecule has 0 N–H and O–H groups in total. The van der Waals surface area contributed by atoms with Gasteiger partial charge in [-0.1, -0.05) is 35.4 Å². The van der Waals surface area contributed by atoms with Crippen molar-refractivity contribution in [1.82, 2.24) is 9.80 Å². The smallest absolute Gasteiger partial charge is 0.254 e. The van der Waals surface area contributed by atoms with E-state index in [2.05, 4.69) is 11.4 Å². The van der Waals surface area contributed by atoms with Gasteiger partial charge in [-0.05, 0) is 75.4 Å². The Balaban J connectivity index is 1.52. The molecule has 1 aliphatic rings.